The predicted octanol–water partition coefficient (Wildman–Crippen LogP) is 0.00210. The molecule has 0 aromatic carbocycles. The number of anilines is 2. The number of aromatic nitrogens is 2. The van der Waals surface area contributed by atoms with Crippen molar-refractivity contribution in [2.75, 3.05) is 37.0 Å². The van der Waals surface area contributed by atoms with Crippen molar-refractivity contribution < 1.29 is 9.53 Å². The molecule has 0 radical (unpaired) electrons. The molecule has 2 fully saturated rings. The Labute approximate surface area is 117 Å². The van der Waals surface area contributed by atoms with Gasteiger partial charge in [0.1, 0.15) is 17.7 Å². The molecule has 1 aromatic rings. The Morgan fingerprint density at radius 2 is 2.30 bits per heavy atom. The topological polar surface area (TPSA) is 79.4 Å². The van der Waals surface area contributed by atoms with E-state index in [1.54, 1.807) is 19.4 Å². The number of ether oxygens (including phenoxy) is 1. The molecular weight excluding hydrogens is 258 g/mol. The number of amides is 1. The third-order valence-corrected chi connectivity index (χ3v) is 3.53. The van der Waals surface area contributed by atoms with Gasteiger partial charge in [0.15, 0.2) is 0 Å². The molecule has 1 saturated heterocycles. The van der Waals surface area contributed by atoms with E-state index in [0.29, 0.717) is 37.4 Å². The second-order valence-electron chi connectivity index (χ2n) is 5.08. The third kappa shape index (κ3) is 2.82. The molecule has 0 spiro atoms. The van der Waals surface area contributed by atoms with Crippen LogP contribution >= 0.6 is 0 Å². The fraction of sp³-hybridized carbons (Fsp3) is 0.615. The van der Waals surface area contributed by atoms with Crippen LogP contribution in [-0.4, -0.2) is 54.8 Å². The van der Waals surface area contributed by atoms with E-state index in [-0.39, 0.29) is 11.9 Å². The Bertz CT molecular complexity index is 491. The van der Waals surface area contributed by atoms with Gasteiger partial charge in [0, 0.05) is 19.6 Å². The van der Waals surface area contributed by atoms with Crippen molar-refractivity contribution in [2.24, 2.45) is 0 Å². The van der Waals surface area contributed by atoms with Gasteiger partial charge in [-0.25, -0.2) is 4.98 Å². The molecule has 3 rings (SSSR count). The molecule has 1 aliphatic carbocycles. The molecule has 1 unspecified atom stereocenters. The van der Waals surface area contributed by atoms with Crippen LogP contribution in [-0.2, 0) is 9.53 Å². The van der Waals surface area contributed by atoms with E-state index in [1.807, 2.05) is 4.90 Å². The number of morpholine rings is 1. The first-order valence-corrected chi connectivity index (χ1v) is 6.92. The highest BCUT2D eigenvalue weighted by molar-refractivity contribution is 5.85. The van der Waals surface area contributed by atoms with Gasteiger partial charge in [-0.05, 0) is 12.8 Å². The minimum atomic E-state index is -0.328. The molecule has 1 amide bonds. The van der Waals surface area contributed by atoms with Gasteiger partial charge in [-0.2, -0.15) is 0 Å². The normalized spacial score (nSPS) is 22.4. The van der Waals surface area contributed by atoms with E-state index in [9.17, 15) is 4.79 Å². The van der Waals surface area contributed by atoms with Crippen molar-refractivity contribution in [3.05, 3.63) is 12.4 Å². The van der Waals surface area contributed by atoms with Gasteiger partial charge in [0.2, 0.25) is 5.91 Å². The summed E-state index contributed by atoms with van der Waals surface area (Å²) in [6, 6.07) is 0.0201. The van der Waals surface area contributed by atoms with Gasteiger partial charge in [0.05, 0.1) is 25.6 Å². The number of hydrogen-bond donors (Lipinski definition) is 2. The molecule has 2 N–H and O–H groups in total. The SMILES string of the molecule is CNc1cncc(N2CCOCC2C(=O)NC2CC2)n1. The van der Waals surface area contributed by atoms with E-state index in [2.05, 4.69) is 20.6 Å². The first-order chi connectivity index (χ1) is 9.78. The van der Waals surface area contributed by atoms with Gasteiger partial charge in [-0.1, -0.05) is 0 Å². The highest BCUT2D eigenvalue weighted by atomic mass is 16.5. The zero-order valence-electron chi connectivity index (χ0n) is 11.5. The van der Waals surface area contributed by atoms with Crippen LogP contribution in [0.5, 0.6) is 0 Å². The summed E-state index contributed by atoms with van der Waals surface area (Å²) in [6.07, 6.45) is 5.50. The van der Waals surface area contributed by atoms with Crippen LogP contribution in [0.15, 0.2) is 12.4 Å². The highest BCUT2D eigenvalue weighted by Gasteiger charge is 2.34. The monoisotopic (exact) mass is 277 g/mol. The fourth-order valence-corrected chi connectivity index (χ4v) is 2.23. The van der Waals surface area contributed by atoms with Crippen LogP contribution in [0.25, 0.3) is 0 Å². The Balaban J connectivity index is 1.77. The molecule has 0 bridgehead atoms. The van der Waals surface area contributed by atoms with Crippen LogP contribution in [0, 0.1) is 0 Å². The van der Waals surface area contributed by atoms with Crippen molar-refractivity contribution >= 4 is 17.5 Å². The summed E-state index contributed by atoms with van der Waals surface area (Å²) in [7, 11) is 1.80. The van der Waals surface area contributed by atoms with Crippen molar-refractivity contribution in [1.82, 2.24) is 15.3 Å². The molecule has 1 aliphatic heterocycles. The summed E-state index contributed by atoms with van der Waals surface area (Å²) < 4.78 is 5.45. The summed E-state index contributed by atoms with van der Waals surface area (Å²) in [6.45, 7) is 1.63. The lowest BCUT2D eigenvalue weighted by atomic mass is 10.2. The Morgan fingerprint density at radius 3 is 3.05 bits per heavy atom. The van der Waals surface area contributed by atoms with Gasteiger partial charge in [-0.15, -0.1) is 0 Å². The number of rotatable bonds is 4. The lowest BCUT2D eigenvalue weighted by molar-refractivity contribution is -0.124. The van der Waals surface area contributed by atoms with E-state index in [4.69, 9.17) is 4.74 Å². The smallest absolute Gasteiger partial charge is 0.245 e. The molecule has 2 heterocycles. The number of nitrogens with one attached hydrogen (secondary N) is 2. The summed E-state index contributed by atoms with van der Waals surface area (Å²) in [5.41, 5.74) is 0. The second kappa shape index (κ2) is 5.62. The van der Waals surface area contributed by atoms with Crippen LogP contribution < -0.4 is 15.5 Å². The molecule has 1 atom stereocenters. The van der Waals surface area contributed by atoms with Crippen molar-refractivity contribution in [2.45, 2.75) is 24.9 Å². The number of carbonyl (C=O) groups excluding carboxylic acids is 1. The van der Waals surface area contributed by atoms with E-state index >= 15 is 0 Å². The minimum Gasteiger partial charge on any atom is -0.377 e. The lowest BCUT2D eigenvalue weighted by Gasteiger charge is -2.35. The van der Waals surface area contributed by atoms with Crippen LogP contribution in [0.3, 0.4) is 0 Å². The van der Waals surface area contributed by atoms with Crippen molar-refractivity contribution in [3.63, 3.8) is 0 Å². The zero-order chi connectivity index (χ0) is 13.9. The minimum absolute atomic E-state index is 0.0175. The zero-order valence-corrected chi connectivity index (χ0v) is 11.5. The van der Waals surface area contributed by atoms with Gasteiger partial charge < -0.3 is 20.3 Å². The number of carbonyl (C=O) groups is 1. The number of hydrogen-bond acceptors (Lipinski definition) is 6. The largest absolute Gasteiger partial charge is 0.377 e. The molecule has 1 aromatic heterocycles. The lowest BCUT2D eigenvalue weighted by Crippen LogP contribution is -2.54. The maximum absolute atomic E-state index is 12.3. The molecule has 1 saturated carbocycles. The maximum atomic E-state index is 12.3. The molecule has 108 valence electrons. The van der Waals surface area contributed by atoms with Crippen LogP contribution in [0.1, 0.15) is 12.8 Å². The molecule has 2 aliphatic rings. The summed E-state index contributed by atoms with van der Waals surface area (Å²) >= 11 is 0. The van der Waals surface area contributed by atoms with Crippen LogP contribution in [0.2, 0.25) is 0 Å². The Kier molecular flexibility index (Phi) is 3.68. The van der Waals surface area contributed by atoms with E-state index < -0.39 is 0 Å². The predicted molar refractivity (Wildman–Crippen MR) is 74.7 cm³/mol. The van der Waals surface area contributed by atoms with E-state index in [1.165, 1.54) is 0 Å². The van der Waals surface area contributed by atoms with Gasteiger partial charge in [-0.3, -0.25) is 9.78 Å². The van der Waals surface area contributed by atoms with E-state index in [0.717, 1.165) is 12.8 Å². The molecule has 7 nitrogen and oxygen atoms in total. The Hall–Kier alpha value is -1.89. The first-order valence-electron chi connectivity index (χ1n) is 6.92. The van der Waals surface area contributed by atoms with Crippen LogP contribution in [0.4, 0.5) is 11.6 Å². The van der Waals surface area contributed by atoms with Gasteiger partial charge >= 0.3 is 0 Å². The standard InChI is InChI=1S/C13H19N5O2/c1-14-11-6-15-7-12(17-11)18-4-5-20-8-10(18)13(19)16-9-2-3-9/h6-7,9-10H,2-5,8H2,1H3,(H,14,17)(H,16,19). The molecule has 7 heteroatoms. The average Bonchev–Trinajstić information content (AvgIpc) is 3.31. The second-order valence-corrected chi connectivity index (χ2v) is 5.08. The Morgan fingerprint density at radius 1 is 1.45 bits per heavy atom. The highest BCUT2D eigenvalue weighted by Crippen LogP contribution is 2.22. The van der Waals surface area contributed by atoms with Crippen molar-refractivity contribution in [3.8, 4) is 0 Å². The fourth-order valence-electron chi connectivity index (χ4n) is 2.23. The summed E-state index contributed by atoms with van der Waals surface area (Å²) in [5.74, 6) is 1.41. The summed E-state index contributed by atoms with van der Waals surface area (Å²) in [5, 5.41) is 5.99. The van der Waals surface area contributed by atoms with Crippen molar-refractivity contribution in [1.29, 1.82) is 0 Å². The maximum Gasteiger partial charge on any atom is 0.245 e. The molecular formula is C13H19N5O2. The third-order valence-electron chi connectivity index (χ3n) is 3.53. The molecule has 20 heavy (non-hydrogen) atoms. The average molecular weight is 277 g/mol. The first kappa shape index (κ1) is 13.1. The summed E-state index contributed by atoms with van der Waals surface area (Å²) in [4.78, 5) is 22.9. The quantitative estimate of drug-likeness (QED) is 0.806. The number of nitrogens with zero attached hydrogens (tertiary/aromatic N) is 3. The van der Waals surface area contributed by atoms with Gasteiger partial charge in [0.25, 0.3) is 0 Å².